The molecule has 1 amide bonds. The molecule has 138 valence electrons. The van der Waals surface area contributed by atoms with Crippen molar-refractivity contribution < 1.29 is 14.3 Å². The van der Waals surface area contributed by atoms with Crippen LogP contribution in [0.3, 0.4) is 0 Å². The van der Waals surface area contributed by atoms with Crippen molar-refractivity contribution >= 4 is 17.2 Å². The van der Waals surface area contributed by atoms with Gasteiger partial charge in [0.25, 0.3) is 5.91 Å². The van der Waals surface area contributed by atoms with Gasteiger partial charge in [0, 0.05) is 12.2 Å². The molecule has 0 saturated heterocycles. The Morgan fingerprint density at radius 1 is 1.11 bits per heavy atom. The highest BCUT2D eigenvalue weighted by Crippen LogP contribution is 2.32. The summed E-state index contributed by atoms with van der Waals surface area (Å²) in [4.78, 5) is 25.2. The van der Waals surface area contributed by atoms with E-state index in [1.54, 1.807) is 11.5 Å². The second kappa shape index (κ2) is 7.28. The molecule has 0 atom stereocenters. The molecule has 0 spiro atoms. The lowest BCUT2D eigenvalue weighted by atomic mass is 10.2. The molecule has 4 rings (SSSR count). The Balaban J connectivity index is 1.51. The van der Waals surface area contributed by atoms with Crippen molar-refractivity contribution in [2.75, 3.05) is 6.79 Å². The van der Waals surface area contributed by atoms with Gasteiger partial charge in [-0.3, -0.25) is 14.2 Å². The summed E-state index contributed by atoms with van der Waals surface area (Å²) in [6.45, 7) is 2.81. The molecule has 1 aliphatic rings. The second-order valence-electron chi connectivity index (χ2n) is 6.22. The van der Waals surface area contributed by atoms with Crippen LogP contribution in [0.25, 0.3) is 0 Å². The third-order valence-electron chi connectivity index (χ3n) is 4.42. The summed E-state index contributed by atoms with van der Waals surface area (Å²) in [5.74, 6) is 1.14. The van der Waals surface area contributed by atoms with E-state index in [0.717, 1.165) is 22.5 Å². The van der Waals surface area contributed by atoms with Crippen molar-refractivity contribution in [1.82, 2.24) is 9.88 Å². The molecule has 0 unspecified atom stereocenters. The minimum Gasteiger partial charge on any atom is -0.454 e. The van der Waals surface area contributed by atoms with E-state index in [4.69, 9.17) is 9.47 Å². The number of hydrogen-bond donors (Lipinski definition) is 1. The van der Waals surface area contributed by atoms with Gasteiger partial charge < -0.3 is 14.8 Å². The first-order valence-electron chi connectivity index (χ1n) is 8.52. The van der Waals surface area contributed by atoms with Crippen molar-refractivity contribution in [2.45, 2.75) is 20.0 Å². The van der Waals surface area contributed by atoms with Crippen LogP contribution >= 0.6 is 11.3 Å². The number of thiazole rings is 1. The molecule has 0 saturated carbocycles. The van der Waals surface area contributed by atoms with Gasteiger partial charge in [0.05, 0.1) is 6.54 Å². The zero-order chi connectivity index (χ0) is 18.8. The third-order valence-corrected chi connectivity index (χ3v) is 5.50. The highest BCUT2D eigenvalue weighted by Gasteiger charge is 2.19. The average molecular weight is 382 g/mol. The van der Waals surface area contributed by atoms with Crippen molar-refractivity contribution in [3.8, 4) is 11.5 Å². The van der Waals surface area contributed by atoms with Gasteiger partial charge in [0.1, 0.15) is 4.88 Å². The van der Waals surface area contributed by atoms with Crippen LogP contribution in [0, 0.1) is 6.92 Å². The highest BCUT2D eigenvalue weighted by atomic mass is 32.1. The van der Waals surface area contributed by atoms with Gasteiger partial charge in [-0.1, -0.05) is 47.7 Å². The first kappa shape index (κ1) is 17.4. The van der Waals surface area contributed by atoms with Gasteiger partial charge in [-0.25, -0.2) is 0 Å². The molecule has 0 bridgehead atoms. The summed E-state index contributed by atoms with van der Waals surface area (Å²) in [5.41, 5.74) is 2.59. The fourth-order valence-corrected chi connectivity index (χ4v) is 3.86. The number of carbonyl (C=O) groups excluding carboxylic acids is 1. The minimum absolute atomic E-state index is 0.157. The quantitative estimate of drug-likeness (QED) is 0.737. The van der Waals surface area contributed by atoms with Crippen molar-refractivity contribution in [1.29, 1.82) is 0 Å². The van der Waals surface area contributed by atoms with Gasteiger partial charge in [0.2, 0.25) is 6.79 Å². The Kier molecular flexibility index (Phi) is 4.68. The van der Waals surface area contributed by atoms with E-state index in [2.05, 4.69) is 5.32 Å². The first-order chi connectivity index (χ1) is 13.1. The van der Waals surface area contributed by atoms with Crippen LogP contribution in [-0.4, -0.2) is 17.3 Å². The molecule has 2 aromatic carbocycles. The molecule has 2 heterocycles. The third kappa shape index (κ3) is 3.59. The maximum Gasteiger partial charge on any atom is 0.308 e. The van der Waals surface area contributed by atoms with Gasteiger partial charge in [0.15, 0.2) is 11.5 Å². The molecule has 7 heteroatoms. The molecular weight excluding hydrogens is 364 g/mol. The van der Waals surface area contributed by atoms with Gasteiger partial charge in [-0.15, -0.1) is 0 Å². The molecule has 0 radical (unpaired) electrons. The zero-order valence-corrected chi connectivity index (χ0v) is 15.5. The smallest absolute Gasteiger partial charge is 0.308 e. The number of benzene rings is 2. The monoisotopic (exact) mass is 382 g/mol. The summed E-state index contributed by atoms with van der Waals surface area (Å²) < 4.78 is 12.3. The number of amides is 1. The summed E-state index contributed by atoms with van der Waals surface area (Å²) in [6, 6.07) is 15.3. The number of ether oxygens (including phenoxy) is 2. The van der Waals surface area contributed by atoms with E-state index in [9.17, 15) is 9.59 Å². The predicted octanol–water partition coefficient (Wildman–Crippen LogP) is 2.93. The summed E-state index contributed by atoms with van der Waals surface area (Å²) in [6.07, 6.45) is 0. The summed E-state index contributed by atoms with van der Waals surface area (Å²) in [7, 11) is 0. The standard InChI is InChI=1S/C20H18N2O4S/c1-13-18(19(23)21-10-14-5-3-2-4-6-14)27-20(24)22(13)11-15-7-8-16-17(9-15)26-12-25-16/h2-9H,10-12H2,1H3,(H,21,23). The SMILES string of the molecule is Cc1c(C(=O)NCc2ccccc2)sc(=O)n1Cc1ccc2c(c1)OCO2. The fourth-order valence-electron chi connectivity index (χ4n) is 2.95. The molecule has 0 fully saturated rings. The van der Waals surface area contributed by atoms with E-state index in [1.165, 1.54) is 0 Å². The largest absolute Gasteiger partial charge is 0.454 e. The van der Waals surface area contributed by atoms with Gasteiger partial charge in [-0.05, 0) is 30.2 Å². The maximum atomic E-state index is 12.5. The number of fused-ring (bicyclic) bond motifs is 1. The molecule has 3 aromatic rings. The normalized spacial score (nSPS) is 12.2. The van der Waals surface area contributed by atoms with E-state index >= 15 is 0 Å². The molecular formula is C20H18N2O4S. The Morgan fingerprint density at radius 2 is 1.89 bits per heavy atom. The van der Waals surface area contributed by atoms with Crippen LogP contribution < -0.4 is 19.7 Å². The Labute approximate surface area is 160 Å². The Morgan fingerprint density at radius 3 is 2.70 bits per heavy atom. The predicted molar refractivity (Wildman–Crippen MR) is 103 cm³/mol. The maximum absolute atomic E-state index is 12.5. The molecule has 27 heavy (non-hydrogen) atoms. The van der Waals surface area contributed by atoms with Crippen molar-refractivity contribution in [3.05, 3.63) is 79.9 Å². The molecule has 1 N–H and O–H groups in total. The first-order valence-corrected chi connectivity index (χ1v) is 9.34. The molecule has 1 aromatic heterocycles. The van der Waals surface area contributed by atoms with Crippen LogP contribution in [0.5, 0.6) is 11.5 Å². The molecule has 0 aliphatic carbocycles. The number of aromatic nitrogens is 1. The van der Waals surface area contributed by atoms with Crippen LogP contribution in [0.4, 0.5) is 0 Å². The minimum atomic E-state index is -0.233. The second-order valence-corrected chi connectivity index (χ2v) is 7.19. The highest BCUT2D eigenvalue weighted by molar-refractivity contribution is 7.11. The Hall–Kier alpha value is -3.06. The lowest BCUT2D eigenvalue weighted by Gasteiger charge is -2.08. The van der Waals surface area contributed by atoms with E-state index in [0.29, 0.717) is 35.2 Å². The van der Waals surface area contributed by atoms with E-state index in [-0.39, 0.29) is 17.6 Å². The lowest BCUT2D eigenvalue weighted by Crippen LogP contribution is -2.23. The summed E-state index contributed by atoms with van der Waals surface area (Å²) in [5, 5.41) is 2.88. The zero-order valence-electron chi connectivity index (χ0n) is 14.7. The Bertz CT molecular complexity index is 1040. The number of hydrogen-bond acceptors (Lipinski definition) is 5. The average Bonchev–Trinajstić information content (AvgIpc) is 3.26. The van der Waals surface area contributed by atoms with Crippen LogP contribution in [0.15, 0.2) is 53.3 Å². The molecule has 6 nitrogen and oxygen atoms in total. The van der Waals surface area contributed by atoms with Crippen molar-refractivity contribution in [3.63, 3.8) is 0 Å². The van der Waals surface area contributed by atoms with E-state index < -0.39 is 0 Å². The lowest BCUT2D eigenvalue weighted by molar-refractivity contribution is 0.0954. The molecule has 1 aliphatic heterocycles. The number of carbonyl (C=O) groups is 1. The van der Waals surface area contributed by atoms with E-state index in [1.807, 2.05) is 48.5 Å². The number of nitrogens with zero attached hydrogens (tertiary/aromatic N) is 1. The summed E-state index contributed by atoms with van der Waals surface area (Å²) >= 11 is 0.968. The number of nitrogens with one attached hydrogen (secondary N) is 1. The van der Waals surface area contributed by atoms with Gasteiger partial charge >= 0.3 is 4.87 Å². The number of rotatable bonds is 5. The topological polar surface area (TPSA) is 69.6 Å². The van der Waals surface area contributed by atoms with Crippen LogP contribution in [-0.2, 0) is 13.1 Å². The van der Waals surface area contributed by atoms with Crippen LogP contribution in [0.1, 0.15) is 26.5 Å². The van der Waals surface area contributed by atoms with Crippen molar-refractivity contribution in [2.24, 2.45) is 0 Å². The van der Waals surface area contributed by atoms with Crippen LogP contribution in [0.2, 0.25) is 0 Å². The van der Waals surface area contributed by atoms with Gasteiger partial charge in [-0.2, -0.15) is 0 Å². The fraction of sp³-hybridized carbons (Fsp3) is 0.200.